The number of rotatable bonds is 3. The van der Waals surface area contributed by atoms with Crippen molar-refractivity contribution in [2.45, 2.75) is 11.9 Å². The number of pyridine rings is 1. The van der Waals surface area contributed by atoms with Gasteiger partial charge in [-0.25, -0.2) is 4.98 Å². The minimum atomic E-state index is -0.475. The van der Waals surface area contributed by atoms with Crippen molar-refractivity contribution in [3.63, 3.8) is 0 Å². The van der Waals surface area contributed by atoms with E-state index in [2.05, 4.69) is 4.98 Å². The van der Waals surface area contributed by atoms with Gasteiger partial charge in [0, 0.05) is 12.3 Å². The Balaban J connectivity index is 3.10. The Morgan fingerprint density at radius 2 is 2.46 bits per heavy atom. The third-order valence-electron chi connectivity index (χ3n) is 1.28. The highest BCUT2D eigenvalue weighted by molar-refractivity contribution is 7.99. The standard InChI is InChI=1S/C7H7ClN2O2S/c1-2-13-7-6(10(11)12)3-5(8)4-9-7/h3-4H,2H2,1H3. The van der Waals surface area contributed by atoms with Crippen molar-refractivity contribution in [2.24, 2.45) is 0 Å². The van der Waals surface area contributed by atoms with Gasteiger partial charge in [-0.1, -0.05) is 30.3 Å². The highest BCUT2D eigenvalue weighted by atomic mass is 35.5. The first kappa shape index (κ1) is 10.3. The summed E-state index contributed by atoms with van der Waals surface area (Å²) in [5.41, 5.74) is -0.0284. The molecule has 0 bridgehead atoms. The monoisotopic (exact) mass is 218 g/mol. The molecule has 0 N–H and O–H groups in total. The maximum Gasteiger partial charge on any atom is 0.302 e. The van der Waals surface area contributed by atoms with Gasteiger partial charge < -0.3 is 0 Å². The van der Waals surface area contributed by atoms with E-state index in [9.17, 15) is 10.1 Å². The second kappa shape index (κ2) is 4.43. The molecule has 1 aromatic rings. The lowest BCUT2D eigenvalue weighted by molar-refractivity contribution is -0.388. The fourth-order valence-corrected chi connectivity index (χ4v) is 1.63. The molecule has 0 aliphatic carbocycles. The van der Waals surface area contributed by atoms with E-state index in [1.165, 1.54) is 24.0 Å². The molecule has 13 heavy (non-hydrogen) atoms. The summed E-state index contributed by atoms with van der Waals surface area (Å²) in [5.74, 6) is 0.746. The molecule has 0 aliphatic heterocycles. The SMILES string of the molecule is CCSc1ncc(Cl)cc1[N+](=O)[O-]. The number of nitrogens with zero attached hydrogens (tertiary/aromatic N) is 2. The van der Waals surface area contributed by atoms with E-state index in [1.54, 1.807) is 0 Å². The van der Waals surface area contributed by atoms with Gasteiger partial charge in [0.05, 0.1) is 9.95 Å². The molecule has 0 aromatic carbocycles. The topological polar surface area (TPSA) is 56.0 Å². The first-order chi connectivity index (χ1) is 6.15. The maximum absolute atomic E-state index is 10.5. The molecule has 0 aliphatic rings. The minimum absolute atomic E-state index is 0.0284. The van der Waals surface area contributed by atoms with Gasteiger partial charge >= 0.3 is 5.69 Å². The summed E-state index contributed by atoms with van der Waals surface area (Å²) in [7, 11) is 0. The lowest BCUT2D eigenvalue weighted by Crippen LogP contribution is -1.93. The Hall–Kier alpha value is -0.810. The third kappa shape index (κ3) is 2.57. The average molecular weight is 219 g/mol. The smallest absolute Gasteiger partial charge is 0.258 e. The molecule has 1 heterocycles. The Labute approximate surface area is 84.5 Å². The largest absolute Gasteiger partial charge is 0.302 e. The zero-order valence-corrected chi connectivity index (χ0v) is 8.43. The van der Waals surface area contributed by atoms with E-state index in [-0.39, 0.29) is 10.7 Å². The van der Waals surface area contributed by atoms with Crippen LogP contribution in [0.15, 0.2) is 17.3 Å². The Morgan fingerprint density at radius 3 is 3.00 bits per heavy atom. The molecule has 0 unspecified atom stereocenters. The summed E-state index contributed by atoms with van der Waals surface area (Å²) in [6.45, 7) is 1.91. The fraction of sp³-hybridized carbons (Fsp3) is 0.286. The third-order valence-corrected chi connectivity index (χ3v) is 2.36. The van der Waals surface area contributed by atoms with Crippen LogP contribution in [0, 0.1) is 10.1 Å². The number of nitro groups is 1. The van der Waals surface area contributed by atoms with Crippen LogP contribution in [0.1, 0.15) is 6.92 Å². The second-order valence-corrected chi connectivity index (χ2v) is 3.86. The molecule has 0 saturated heterocycles. The Morgan fingerprint density at radius 1 is 1.77 bits per heavy atom. The van der Waals surface area contributed by atoms with Crippen molar-refractivity contribution in [1.82, 2.24) is 4.98 Å². The van der Waals surface area contributed by atoms with Gasteiger partial charge in [0.25, 0.3) is 0 Å². The lowest BCUT2D eigenvalue weighted by Gasteiger charge is -1.99. The summed E-state index contributed by atoms with van der Waals surface area (Å²) in [6, 6.07) is 1.31. The molecule has 6 heteroatoms. The highest BCUT2D eigenvalue weighted by Crippen LogP contribution is 2.28. The van der Waals surface area contributed by atoms with Crippen LogP contribution < -0.4 is 0 Å². The predicted molar refractivity (Wildman–Crippen MR) is 52.3 cm³/mol. The molecule has 0 amide bonds. The van der Waals surface area contributed by atoms with Gasteiger partial charge in [-0.15, -0.1) is 0 Å². The number of hydrogen-bond acceptors (Lipinski definition) is 4. The normalized spacial score (nSPS) is 10.0. The average Bonchev–Trinajstić information content (AvgIpc) is 2.08. The van der Waals surface area contributed by atoms with Crippen molar-refractivity contribution >= 4 is 29.1 Å². The fourth-order valence-electron chi connectivity index (χ4n) is 0.795. The summed E-state index contributed by atoms with van der Waals surface area (Å²) >= 11 is 6.91. The van der Waals surface area contributed by atoms with Gasteiger partial charge in [-0.05, 0) is 5.75 Å². The van der Waals surface area contributed by atoms with Crippen molar-refractivity contribution in [2.75, 3.05) is 5.75 Å². The van der Waals surface area contributed by atoms with Crippen LogP contribution in [0.25, 0.3) is 0 Å². The van der Waals surface area contributed by atoms with Crippen molar-refractivity contribution in [3.05, 3.63) is 27.4 Å². The summed E-state index contributed by atoms with van der Waals surface area (Å²) < 4.78 is 0. The van der Waals surface area contributed by atoms with Gasteiger partial charge in [-0.2, -0.15) is 0 Å². The quantitative estimate of drug-likeness (QED) is 0.445. The molecule has 0 fully saturated rings. The van der Waals surface area contributed by atoms with Crippen LogP contribution >= 0.6 is 23.4 Å². The van der Waals surface area contributed by atoms with Crippen LogP contribution in [-0.4, -0.2) is 15.7 Å². The highest BCUT2D eigenvalue weighted by Gasteiger charge is 2.15. The number of thioether (sulfide) groups is 1. The molecule has 1 aromatic heterocycles. The van der Waals surface area contributed by atoms with Crippen LogP contribution in [0.3, 0.4) is 0 Å². The predicted octanol–water partition coefficient (Wildman–Crippen LogP) is 2.76. The van der Waals surface area contributed by atoms with Crippen LogP contribution in [0.4, 0.5) is 5.69 Å². The summed E-state index contributed by atoms with van der Waals surface area (Å²) in [4.78, 5) is 13.9. The maximum atomic E-state index is 10.5. The van der Waals surface area contributed by atoms with E-state index in [0.29, 0.717) is 5.03 Å². The van der Waals surface area contributed by atoms with Crippen LogP contribution in [0.2, 0.25) is 5.02 Å². The van der Waals surface area contributed by atoms with Crippen molar-refractivity contribution in [1.29, 1.82) is 0 Å². The molecule has 0 spiro atoms. The Kier molecular flexibility index (Phi) is 3.50. The van der Waals surface area contributed by atoms with Crippen LogP contribution in [0.5, 0.6) is 0 Å². The summed E-state index contributed by atoms with van der Waals surface area (Å²) in [6.07, 6.45) is 1.41. The van der Waals surface area contributed by atoms with E-state index < -0.39 is 4.92 Å². The van der Waals surface area contributed by atoms with Crippen molar-refractivity contribution < 1.29 is 4.92 Å². The van der Waals surface area contributed by atoms with E-state index >= 15 is 0 Å². The van der Waals surface area contributed by atoms with E-state index in [0.717, 1.165) is 5.75 Å². The molecular formula is C7H7ClN2O2S. The molecule has 0 atom stereocenters. The number of halogens is 1. The molecule has 70 valence electrons. The first-order valence-electron chi connectivity index (χ1n) is 3.58. The lowest BCUT2D eigenvalue weighted by atomic mass is 10.4. The minimum Gasteiger partial charge on any atom is -0.258 e. The molecule has 4 nitrogen and oxygen atoms in total. The van der Waals surface area contributed by atoms with E-state index in [1.807, 2.05) is 6.92 Å². The molecule has 1 rings (SSSR count). The first-order valence-corrected chi connectivity index (χ1v) is 4.94. The van der Waals surface area contributed by atoms with E-state index in [4.69, 9.17) is 11.6 Å². The van der Waals surface area contributed by atoms with Gasteiger partial charge in [0.1, 0.15) is 0 Å². The number of aromatic nitrogens is 1. The van der Waals surface area contributed by atoms with Gasteiger partial charge in [0.2, 0.25) is 0 Å². The molecule has 0 saturated carbocycles. The van der Waals surface area contributed by atoms with Crippen molar-refractivity contribution in [3.8, 4) is 0 Å². The Bertz CT molecular complexity index is 332. The van der Waals surface area contributed by atoms with Gasteiger partial charge in [-0.3, -0.25) is 10.1 Å². The number of hydrogen-bond donors (Lipinski definition) is 0. The summed E-state index contributed by atoms with van der Waals surface area (Å²) in [5, 5.41) is 11.2. The molecular weight excluding hydrogens is 212 g/mol. The second-order valence-electron chi connectivity index (χ2n) is 2.17. The zero-order chi connectivity index (χ0) is 9.84. The van der Waals surface area contributed by atoms with Gasteiger partial charge in [0.15, 0.2) is 5.03 Å². The zero-order valence-electron chi connectivity index (χ0n) is 6.86. The molecule has 0 radical (unpaired) electrons. The van der Waals surface area contributed by atoms with Crippen LogP contribution in [-0.2, 0) is 0 Å².